The van der Waals surface area contributed by atoms with E-state index in [9.17, 15) is 4.79 Å². The molecule has 0 bridgehead atoms. The lowest BCUT2D eigenvalue weighted by Crippen LogP contribution is -2.44. The zero-order valence-corrected chi connectivity index (χ0v) is 13.0. The Balaban J connectivity index is 2.93. The van der Waals surface area contributed by atoms with E-state index in [0.29, 0.717) is 12.0 Å². The topological polar surface area (TPSA) is 54.9 Å². The molecule has 1 aromatic heterocycles. The van der Waals surface area contributed by atoms with Crippen molar-refractivity contribution in [2.45, 2.75) is 46.1 Å². The van der Waals surface area contributed by atoms with Crippen molar-refractivity contribution >= 4 is 21.8 Å². The molecule has 5 heteroatoms. The second-order valence-electron chi connectivity index (χ2n) is 4.98. The third-order valence-electron chi connectivity index (χ3n) is 2.74. The van der Waals surface area contributed by atoms with Crippen LogP contribution in [0.4, 0.5) is 0 Å². The lowest BCUT2D eigenvalue weighted by molar-refractivity contribution is 0.0910. The number of aromatic nitrogens is 2. The van der Waals surface area contributed by atoms with Gasteiger partial charge in [-0.2, -0.15) is 10.2 Å². The van der Waals surface area contributed by atoms with Crippen LogP contribution >= 0.6 is 15.9 Å². The summed E-state index contributed by atoms with van der Waals surface area (Å²) in [5.41, 5.74) is 1.90. The number of rotatable bonds is 5. The number of hydrogen-bond acceptors (Lipinski definition) is 3. The van der Waals surface area contributed by atoms with Crippen molar-refractivity contribution < 1.29 is 4.79 Å². The van der Waals surface area contributed by atoms with Crippen molar-refractivity contribution in [3.63, 3.8) is 0 Å². The van der Waals surface area contributed by atoms with Crippen LogP contribution in [0.25, 0.3) is 0 Å². The minimum Gasteiger partial charge on any atom is -0.347 e. The van der Waals surface area contributed by atoms with Crippen LogP contribution in [0.1, 0.15) is 48.9 Å². The molecule has 18 heavy (non-hydrogen) atoms. The highest BCUT2D eigenvalue weighted by Crippen LogP contribution is 2.13. The van der Waals surface area contributed by atoms with Crippen LogP contribution in [-0.2, 0) is 6.42 Å². The van der Waals surface area contributed by atoms with Gasteiger partial charge in [-0.25, -0.2) is 0 Å². The molecule has 0 aromatic carbocycles. The van der Waals surface area contributed by atoms with Gasteiger partial charge in [0, 0.05) is 10.9 Å². The number of carbonyl (C=O) groups is 1. The van der Waals surface area contributed by atoms with Crippen molar-refractivity contribution in [3.8, 4) is 0 Å². The van der Waals surface area contributed by atoms with Crippen molar-refractivity contribution in [1.29, 1.82) is 0 Å². The Morgan fingerprint density at radius 1 is 1.44 bits per heavy atom. The van der Waals surface area contributed by atoms with Crippen molar-refractivity contribution in [3.05, 3.63) is 23.0 Å². The van der Waals surface area contributed by atoms with E-state index in [1.54, 1.807) is 6.07 Å². The first-order chi connectivity index (χ1) is 8.39. The zero-order valence-electron chi connectivity index (χ0n) is 11.4. The SMILES string of the molecule is CCc1nnc(C)cc1C(=O)NC(C)(C)CCBr. The zero-order chi connectivity index (χ0) is 13.8. The maximum absolute atomic E-state index is 12.3. The summed E-state index contributed by atoms with van der Waals surface area (Å²) in [6.45, 7) is 7.84. The van der Waals surface area contributed by atoms with Crippen LogP contribution in [0.15, 0.2) is 6.07 Å². The maximum Gasteiger partial charge on any atom is 0.253 e. The number of nitrogens with one attached hydrogen (secondary N) is 1. The third kappa shape index (κ3) is 4.05. The van der Waals surface area contributed by atoms with Crippen LogP contribution in [0.2, 0.25) is 0 Å². The van der Waals surface area contributed by atoms with Gasteiger partial charge in [0.25, 0.3) is 5.91 Å². The number of halogens is 1. The average molecular weight is 314 g/mol. The van der Waals surface area contributed by atoms with Gasteiger partial charge in [-0.15, -0.1) is 0 Å². The minimum atomic E-state index is -0.233. The molecule has 4 nitrogen and oxygen atoms in total. The number of aryl methyl sites for hydroxylation is 2. The van der Waals surface area contributed by atoms with E-state index in [0.717, 1.165) is 23.1 Å². The Morgan fingerprint density at radius 3 is 2.67 bits per heavy atom. The fraction of sp³-hybridized carbons (Fsp3) is 0.615. The Hall–Kier alpha value is -0.970. The molecular weight excluding hydrogens is 294 g/mol. The largest absolute Gasteiger partial charge is 0.347 e. The number of nitrogens with zero attached hydrogens (tertiary/aromatic N) is 2. The van der Waals surface area contributed by atoms with Crippen LogP contribution in [0.3, 0.4) is 0 Å². The summed E-state index contributed by atoms with van der Waals surface area (Å²) in [6, 6.07) is 1.80. The smallest absolute Gasteiger partial charge is 0.253 e. The Kier molecular flexibility index (Phi) is 5.26. The van der Waals surface area contributed by atoms with Gasteiger partial charge in [0.2, 0.25) is 0 Å². The standard InChI is InChI=1S/C13H20BrN3O/c1-5-11-10(8-9(2)16-17-11)12(18)15-13(3,4)6-7-14/h8H,5-7H2,1-4H3,(H,15,18). The number of hydrogen-bond donors (Lipinski definition) is 1. The molecule has 0 saturated carbocycles. The van der Waals surface area contributed by atoms with Crippen LogP contribution < -0.4 is 5.32 Å². The van der Waals surface area contributed by atoms with Gasteiger partial charge in [0.1, 0.15) is 0 Å². The highest BCUT2D eigenvalue weighted by Gasteiger charge is 2.22. The summed E-state index contributed by atoms with van der Waals surface area (Å²) in [5.74, 6) is -0.0733. The fourth-order valence-corrected chi connectivity index (χ4v) is 2.64. The van der Waals surface area contributed by atoms with Crippen molar-refractivity contribution in [2.24, 2.45) is 0 Å². The number of carbonyl (C=O) groups excluding carboxylic acids is 1. The molecule has 100 valence electrons. The van der Waals surface area contributed by atoms with E-state index in [1.807, 2.05) is 27.7 Å². The molecule has 1 rings (SSSR count). The predicted molar refractivity (Wildman–Crippen MR) is 76.1 cm³/mol. The van der Waals surface area contributed by atoms with Crippen LogP contribution in [-0.4, -0.2) is 27.0 Å². The molecule has 1 aromatic rings. The van der Waals surface area contributed by atoms with Crippen LogP contribution in [0, 0.1) is 6.92 Å². The molecule has 0 aliphatic rings. The van der Waals surface area contributed by atoms with Gasteiger partial charge < -0.3 is 5.32 Å². The molecule has 1 heterocycles. The first kappa shape index (κ1) is 15.1. The van der Waals surface area contributed by atoms with E-state index >= 15 is 0 Å². The van der Waals surface area contributed by atoms with E-state index in [4.69, 9.17) is 0 Å². The van der Waals surface area contributed by atoms with E-state index in [-0.39, 0.29) is 11.4 Å². The van der Waals surface area contributed by atoms with Gasteiger partial charge in [0.15, 0.2) is 0 Å². The molecule has 0 saturated heterocycles. The molecular formula is C13H20BrN3O. The van der Waals surface area contributed by atoms with Gasteiger partial charge in [0.05, 0.1) is 17.0 Å². The highest BCUT2D eigenvalue weighted by atomic mass is 79.9. The number of alkyl halides is 1. The second-order valence-corrected chi connectivity index (χ2v) is 5.77. The highest BCUT2D eigenvalue weighted by molar-refractivity contribution is 9.09. The second kappa shape index (κ2) is 6.27. The quantitative estimate of drug-likeness (QED) is 0.850. The average Bonchev–Trinajstić information content (AvgIpc) is 2.28. The van der Waals surface area contributed by atoms with Crippen molar-refractivity contribution in [1.82, 2.24) is 15.5 Å². The molecule has 1 amide bonds. The normalized spacial score (nSPS) is 11.4. The van der Waals surface area contributed by atoms with E-state index < -0.39 is 0 Å². The van der Waals surface area contributed by atoms with Gasteiger partial charge in [-0.05, 0) is 39.7 Å². The van der Waals surface area contributed by atoms with Crippen molar-refractivity contribution in [2.75, 3.05) is 5.33 Å². The molecule has 0 radical (unpaired) electrons. The summed E-state index contributed by atoms with van der Waals surface area (Å²) >= 11 is 3.40. The molecule has 0 aliphatic heterocycles. The molecule has 1 N–H and O–H groups in total. The summed E-state index contributed by atoms with van der Waals surface area (Å²) < 4.78 is 0. The Morgan fingerprint density at radius 2 is 2.11 bits per heavy atom. The molecule has 0 aliphatic carbocycles. The maximum atomic E-state index is 12.3. The Bertz CT molecular complexity index is 432. The third-order valence-corrected chi connectivity index (χ3v) is 3.14. The monoisotopic (exact) mass is 313 g/mol. The molecule has 0 unspecified atom stereocenters. The summed E-state index contributed by atoms with van der Waals surface area (Å²) in [6.07, 6.45) is 1.58. The Labute approximate surface area is 117 Å². The minimum absolute atomic E-state index is 0.0733. The van der Waals surface area contributed by atoms with E-state index in [1.165, 1.54) is 0 Å². The summed E-state index contributed by atoms with van der Waals surface area (Å²) in [7, 11) is 0. The first-order valence-electron chi connectivity index (χ1n) is 6.11. The van der Waals surface area contributed by atoms with Gasteiger partial charge in [-0.1, -0.05) is 22.9 Å². The van der Waals surface area contributed by atoms with Gasteiger partial charge >= 0.3 is 0 Å². The molecule has 0 fully saturated rings. The lowest BCUT2D eigenvalue weighted by atomic mass is 10.0. The van der Waals surface area contributed by atoms with Crippen LogP contribution in [0.5, 0.6) is 0 Å². The van der Waals surface area contributed by atoms with E-state index in [2.05, 4.69) is 31.4 Å². The number of amides is 1. The fourth-order valence-electron chi connectivity index (χ4n) is 1.65. The molecule has 0 atom stereocenters. The molecule has 0 spiro atoms. The summed E-state index contributed by atoms with van der Waals surface area (Å²) in [5, 5.41) is 12.0. The summed E-state index contributed by atoms with van der Waals surface area (Å²) in [4.78, 5) is 12.3. The predicted octanol–water partition coefficient (Wildman–Crippen LogP) is 2.64. The first-order valence-corrected chi connectivity index (χ1v) is 7.23. The lowest BCUT2D eigenvalue weighted by Gasteiger charge is -2.25. The van der Waals surface area contributed by atoms with Gasteiger partial charge in [-0.3, -0.25) is 4.79 Å².